The molecule has 0 atom stereocenters. The zero-order chi connectivity index (χ0) is 10.8. The van der Waals surface area contributed by atoms with Crippen molar-refractivity contribution in [1.82, 2.24) is 5.32 Å². The number of ether oxygens (including phenoxy) is 1. The van der Waals surface area contributed by atoms with Gasteiger partial charge in [-0.1, -0.05) is 0 Å². The third kappa shape index (κ3) is 2.20. The van der Waals surface area contributed by atoms with E-state index in [1.165, 1.54) is 22.6 Å². The first-order chi connectivity index (χ1) is 7.92. The van der Waals surface area contributed by atoms with E-state index in [2.05, 4.69) is 23.5 Å². The van der Waals surface area contributed by atoms with Gasteiger partial charge in [0.05, 0.1) is 0 Å². The molecule has 2 nitrogen and oxygen atoms in total. The van der Waals surface area contributed by atoms with Gasteiger partial charge in [-0.05, 0) is 56.1 Å². The van der Waals surface area contributed by atoms with Gasteiger partial charge >= 0.3 is 0 Å². The minimum absolute atomic E-state index is 0.411. The normalized spacial score (nSPS) is 20.8. The molecule has 2 aliphatic rings. The van der Waals surface area contributed by atoms with Gasteiger partial charge in [-0.25, -0.2) is 0 Å². The van der Waals surface area contributed by atoms with Gasteiger partial charge in [-0.2, -0.15) is 0 Å². The van der Waals surface area contributed by atoms with Crippen molar-refractivity contribution < 1.29 is 4.74 Å². The van der Waals surface area contributed by atoms with Crippen molar-refractivity contribution in [2.75, 3.05) is 18.8 Å². The maximum atomic E-state index is 6.03. The Morgan fingerprint density at radius 2 is 2.12 bits per heavy atom. The van der Waals surface area contributed by atoms with Gasteiger partial charge in [-0.15, -0.1) is 11.8 Å². The Morgan fingerprint density at radius 3 is 3.00 bits per heavy atom. The largest absolute Gasteiger partial charge is 0.490 e. The third-order valence-electron chi connectivity index (χ3n) is 3.25. The molecule has 0 aliphatic carbocycles. The van der Waals surface area contributed by atoms with E-state index in [0.29, 0.717) is 6.10 Å². The molecule has 1 aromatic carbocycles. The molecule has 1 N–H and O–H groups in total. The first kappa shape index (κ1) is 10.5. The van der Waals surface area contributed by atoms with Gasteiger partial charge in [0.15, 0.2) is 0 Å². The number of piperidine rings is 1. The summed E-state index contributed by atoms with van der Waals surface area (Å²) in [5, 5.41) is 3.36. The van der Waals surface area contributed by atoms with Crippen molar-refractivity contribution in [1.29, 1.82) is 0 Å². The van der Waals surface area contributed by atoms with Crippen LogP contribution in [0.25, 0.3) is 0 Å². The molecule has 2 heterocycles. The fraction of sp³-hybridized carbons (Fsp3) is 0.538. The average Bonchev–Trinajstić information content (AvgIpc) is 2.77. The monoisotopic (exact) mass is 235 g/mol. The molecular formula is C13H17NOS. The number of nitrogens with one attached hydrogen (secondary N) is 1. The minimum atomic E-state index is 0.411. The zero-order valence-electron chi connectivity index (χ0n) is 9.37. The van der Waals surface area contributed by atoms with E-state index in [9.17, 15) is 0 Å². The van der Waals surface area contributed by atoms with E-state index in [1.54, 1.807) is 0 Å². The number of thioether (sulfide) groups is 1. The van der Waals surface area contributed by atoms with Crippen LogP contribution in [0.3, 0.4) is 0 Å². The zero-order valence-corrected chi connectivity index (χ0v) is 10.2. The number of rotatable bonds is 2. The van der Waals surface area contributed by atoms with E-state index >= 15 is 0 Å². The second kappa shape index (κ2) is 4.68. The molecule has 3 heteroatoms. The Balaban J connectivity index is 1.69. The predicted octanol–water partition coefficient (Wildman–Crippen LogP) is 2.47. The Labute approximate surface area is 101 Å². The Morgan fingerprint density at radius 1 is 1.25 bits per heavy atom. The standard InChI is InChI=1S/C13H17NOS/c1-2-13-10(5-8-16-13)9-12(1)15-11-3-6-14-7-4-11/h1-2,9,11,14H,3-8H2. The van der Waals surface area contributed by atoms with Gasteiger partial charge in [0, 0.05) is 10.6 Å². The Bertz CT molecular complexity index is 374. The summed E-state index contributed by atoms with van der Waals surface area (Å²) in [7, 11) is 0. The van der Waals surface area contributed by atoms with Crippen molar-refractivity contribution in [3.8, 4) is 5.75 Å². The van der Waals surface area contributed by atoms with Crippen LogP contribution in [0.2, 0.25) is 0 Å². The highest BCUT2D eigenvalue weighted by Gasteiger charge is 2.16. The Kier molecular flexibility index (Phi) is 3.06. The Hall–Kier alpha value is -0.670. The topological polar surface area (TPSA) is 21.3 Å². The highest BCUT2D eigenvalue weighted by Crippen LogP contribution is 2.34. The summed E-state index contributed by atoms with van der Waals surface area (Å²) in [6.07, 6.45) is 3.87. The van der Waals surface area contributed by atoms with E-state index < -0.39 is 0 Å². The van der Waals surface area contributed by atoms with E-state index in [4.69, 9.17) is 4.74 Å². The molecule has 2 aliphatic heterocycles. The number of fused-ring (bicyclic) bond motifs is 1. The van der Waals surface area contributed by atoms with E-state index in [1.807, 2.05) is 11.8 Å². The summed E-state index contributed by atoms with van der Waals surface area (Å²) in [4.78, 5) is 1.44. The van der Waals surface area contributed by atoms with Crippen molar-refractivity contribution in [3.05, 3.63) is 23.8 Å². The number of hydrogen-bond donors (Lipinski definition) is 1. The van der Waals surface area contributed by atoms with Crippen LogP contribution in [0.5, 0.6) is 5.75 Å². The quantitative estimate of drug-likeness (QED) is 0.851. The molecule has 0 amide bonds. The summed E-state index contributed by atoms with van der Waals surface area (Å²) < 4.78 is 6.03. The lowest BCUT2D eigenvalue weighted by Gasteiger charge is -2.24. The second-order valence-electron chi connectivity index (χ2n) is 4.44. The molecule has 16 heavy (non-hydrogen) atoms. The molecule has 0 spiro atoms. The maximum Gasteiger partial charge on any atom is 0.120 e. The van der Waals surface area contributed by atoms with Crippen LogP contribution < -0.4 is 10.1 Å². The molecule has 0 bridgehead atoms. The molecule has 0 aromatic heterocycles. The predicted molar refractivity (Wildman–Crippen MR) is 67.4 cm³/mol. The lowest BCUT2D eigenvalue weighted by atomic mass is 10.1. The third-order valence-corrected chi connectivity index (χ3v) is 4.37. The minimum Gasteiger partial charge on any atom is -0.490 e. The smallest absolute Gasteiger partial charge is 0.120 e. The van der Waals surface area contributed by atoms with Crippen molar-refractivity contribution in [2.45, 2.75) is 30.3 Å². The number of aryl methyl sites for hydroxylation is 1. The van der Waals surface area contributed by atoms with Gasteiger partial charge in [0.1, 0.15) is 11.9 Å². The summed E-state index contributed by atoms with van der Waals surface area (Å²) in [5.41, 5.74) is 1.47. The molecule has 86 valence electrons. The summed E-state index contributed by atoms with van der Waals surface area (Å²) in [6.45, 7) is 2.18. The van der Waals surface area contributed by atoms with Crippen LogP contribution in [0.15, 0.2) is 23.1 Å². The molecule has 0 saturated carbocycles. The van der Waals surface area contributed by atoms with Crippen molar-refractivity contribution in [3.63, 3.8) is 0 Å². The molecule has 0 radical (unpaired) electrons. The van der Waals surface area contributed by atoms with Crippen molar-refractivity contribution >= 4 is 11.8 Å². The van der Waals surface area contributed by atoms with E-state index in [0.717, 1.165) is 31.7 Å². The van der Waals surface area contributed by atoms with Crippen LogP contribution in [0.4, 0.5) is 0 Å². The van der Waals surface area contributed by atoms with Gasteiger partial charge in [-0.3, -0.25) is 0 Å². The van der Waals surface area contributed by atoms with Crippen LogP contribution in [-0.2, 0) is 6.42 Å². The van der Waals surface area contributed by atoms with E-state index in [-0.39, 0.29) is 0 Å². The highest BCUT2D eigenvalue weighted by atomic mass is 32.2. The molecular weight excluding hydrogens is 218 g/mol. The molecule has 1 saturated heterocycles. The van der Waals surface area contributed by atoms with Crippen LogP contribution in [0, 0.1) is 0 Å². The first-order valence-electron chi connectivity index (χ1n) is 6.05. The molecule has 0 unspecified atom stereocenters. The van der Waals surface area contributed by atoms with Crippen LogP contribution >= 0.6 is 11.8 Å². The lowest BCUT2D eigenvalue weighted by molar-refractivity contribution is 0.162. The number of hydrogen-bond acceptors (Lipinski definition) is 3. The van der Waals surface area contributed by atoms with Gasteiger partial charge < -0.3 is 10.1 Å². The fourth-order valence-electron chi connectivity index (χ4n) is 2.34. The van der Waals surface area contributed by atoms with Gasteiger partial charge in [0.2, 0.25) is 0 Å². The maximum absolute atomic E-state index is 6.03. The SMILES string of the molecule is c1cc2c(cc1OC1CCNCC1)CCS2. The van der Waals surface area contributed by atoms with Gasteiger partial charge in [0.25, 0.3) is 0 Å². The first-order valence-corrected chi connectivity index (χ1v) is 7.03. The summed E-state index contributed by atoms with van der Waals surface area (Å²) >= 11 is 1.96. The second-order valence-corrected chi connectivity index (χ2v) is 5.57. The molecule has 1 aromatic rings. The summed E-state index contributed by atoms with van der Waals surface area (Å²) in [5.74, 6) is 2.29. The van der Waals surface area contributed by atoms with Crippen molar-refractivity contribution in [2.24, 2.45) is 0 Å². The van der Waals surface area contributed by atoms with Crippen LogP contribution in [0.1, 0.15) is 18.4 Å². The molecule has 1 fully saturated rings. The average molecular weight is 235 g/mol. The summed E-state index contributed by atoms with van der Waals surface area (Å²) in [6, 6.07) is 6.57. The molecule has 3 rings (SSSR count). The fourth-order valence-corrected chi connectivity index (χ4v) is 3.39. The lowest BCUT2D eigenvalue weighted by Crippen LogP contribution is -2.34. The van der Waals surface area contributed by atoms with Crippen LogP contribution in [-0.4, -0.2) is 24.9 Å². The highest BCUT2D eigenvalue weighted by molar-refractivity contribution is 7.99. The number of benzene rings is 1.